The zero-order chi connectivity index (χ0) is 17.6. The average Bonchev–Trinajstić information content (AvgIpc) is 2.57. The van der Waals surface area contributed by atoms with Crippen molar-refractivity contribution in [1.82, 2.24) is 15.5 Å². The van der Waals surface area contributed by atoms with Crippen LogP contribution in [-0.4, -0.2) is 64.3 Å². The van der Waals surface area contributed by atoms with Crippen LogP contribution in [0.2, 0.25) is 0 Å². The molecule has 0 fully saturated rings. The first-order valence-corrected chi connectivity index (χ1v) is 8.59. The van der Waals surface area contributed by atoms with Crippen molar-refractivity contribution >= 4 is 5.96 Å². The van der Waals surface area contributed by atoms with Gasteiger partial charge in [-0.25, -0.2) is 4.39 Å². The third-order valence-corrected chi connectivity index (χ3v) is 3.60. The molecule has 0 saturated carbocycles. The molecule has 0 bridgehead atoms. The molecule has 0 amide bonds. The van der Waals surface area contributed by atoms with E-state index < -0.39 is 0 Å². The van der Waals surface area contributed by atoms with Gasteiger partial charge in [-0.1, -0.05) is 12.1 Å². The van der Waals surface area contributed by atoms with E-state index in [2.05, 4.69) is 27.6 Å². The molecule has 6 heteroatoms. The van der Waals surface area contributed by atoms with E-state index in [4.69, 9.17) is 4.74 Å². The van der Waals surface area contributed by atoms with Gasteiger partial charge in [0.1, 0.15) is 5.82 Å². The van der Waals surface area contributed by atoms with Crippen molar-refractivity contribution in [2.45, 2.75) is 19.8 Å². The highest BCUT2D eigenvalue weighted by molar-refractivity contribution is 5.79. The second kappa shape index (κ2) is 12.7. The van der Waals surface area contributed by atoms with E-state index in [1.54, 1.807) is 7.11 Å². The summed E-state index contributed by atoms with van der Waals surface area (Å²) in [5.41, 5.74) is 1.11. The fourth-order valence-electron chi connectivity index (χ4n) is 2.24. The maximum atomic E-state index is 12.9. The number of hydrogen-bond acceptors (Lipinski definition) is 3. The molecule has 0 aromatic heterocycles. The Morgan fingerprint density at radius 1 is 1.21 bits per heavy atom. The Bertz CT molecular complexity index is 465. The summed E-state index contributed by atoms with van der Waals surface area (Å²) in [6, 6.07) is 6.62. The molecular formula is C18H31FN4O. The SMILES string of the molecule is CCNC(=NCCN(C)CCCOC)NCCc1ccc(F)cc1. The Morgan fingerprint density at radius 3 is 2.62 bits per heavy atom. The summed E-state index contributed by atoms with van der Waals surface area (Å²) >= 11 is 0. The molecule has 1 rings (SSSR count). The lowest BCUT2D eigenvalue weighted by Crippen LogP contribution is -2.39. The van der Waals surface area contributed by atoms with Crippen LogP contribution < -0.4 is 10.6 Å². The van der Waals surface area contributed by atoms with Crippen molar-refractivity contribution in [2.24, 2.45) is 4.99 Å². The summed E-state index contributed by atoms with van der Waals surface area (Å²) in [6.45, 7) is 7.11. The Morgan fingerprint density at radius 2 is 1.96 bits per heavy atom. The predicted molar refractivity (Wildman–Crippen MR) is 98.1 cm³/mol. The number of guanidine groups is 1. The number of halogens is 1. The first-order chi connectivity index (χ1) is 11.7. The van der Waals surface area contributed by atoms with Crippen molar-refractivity contribution in [1.29, 1.82) is 0 Å². The topological polar surface area (TPSA) is 48.9 Å². The minimum Gasteiger partial charge on any atom is -0.385 e. The highest BCUT2D eigenvalue weighted by Gasteiger charge is 2.00. The molecule has 0 aliphatic heterocycles. The molecule has 5 nitrogen and oxygen atoms in total. The van der Waals surface area contributed by atoms with Crippen molar-refractivity contribution in [2.75, 3.05) is 53.5 Å². The quantitative estimate of drug-likeness (QED) is 0.368. The molecule has 0 aliphatic carbocycles. The van der Waals surface area contributed by atoms with E-state index in [9.17, 15) is 4.39 Å². The van der Waals surface area contributed by atoms with Crippen LogP contribution in [0.15, 0.2) is 29.3 Å². The van der Waals surface area contributed by atoms with Crippen LogP contribution >= 0.6 is 0 Å². The highest BCUT2D eigenvalue weighted by Crippen LogP contribution is 2.02. The Kier molecular flexibility index (Phi) is 10.8. The van der Waals surface area contributed by atoms with E-state index in [0.717, 1.165) is 63.7 Å². The minimum absolute atomic E-state index is 0.198. The van der Waals surface area contributed by atoms with E-state index in [0.29, 0.717) is 0 Å². The van der Waals surface area contributed by atoms with Gasteiger partial charge in [0.2, 0.25) is 0 Å². The molecule has 1 aromatic carbocycles. The molecule has 0 aliphatic rings. The van der Waals surface area contributed by atoms with Gasteiger partial charge in [0.25, 0.3) is 0 Å². The summed E-state index contributed by atoms with van der Waals surface area (Å²) in [5, 5.41) is 6.56. The van der Waals surface area contributed by atoms with E-state index in [-0.39, 0.29) is 5.82 Å². The number of aliphatic imine (C=N–C) groups is 1. The number of likely N-dealkylation sites (N-methyl/N-ethyl adjacent to an activating group) is 1. The molecule has 0 saturated heterocycles. The van der Waals surface area contributed by atoms with Crippen LogP contribution in [0.25, 0.3) is 0 Å². The summed E-state index contributed by atoms with van der Waals surface area (Å²) < 4.78 is 17.9. The highest BCUT2D eigenvalue weighted by atomic mass is 19.1. The maximum absolute atomic E-state index is 12.9. The molecular weight excluding hydrogens is 307 g/mol. The van der Waals surface area contributed by atoms with Gasteiger partial charge in [-0.3, -0.25) is 4.99 Å². The monoisotopic (exact) mass is 338 g/mol. The minimum atomic E-state index is -0.198. The van der Waals surface area contributed by atoms with Gasteiger partial charge in [0, 0.05) is 39.9 Å². The maximum Gasteiger partial charge on any atom is 0.191 e. The molecule has 0 radical (unpaired) electrons. The second-order valence-electron chi connectivity index (χ2n) is 5.71. The molecule has 0 spiro atoms. The fourth-order valence-corrected chi connectivity index (χ4v) is 2.24. The summed E-state index contributed by atoms with van der Waals surface area (Å²) in [7, 11) is 3.82. The average molecular weight is 338 g/mol. The summed E-state index contributed by atoms with van der Waals surface area (Å²) in [5.74, 6) is 0.626. The molecule has 1 aromatic rings. The largest absolute Gasteiger partial charge is 0.385 e. The van der Waals surface area contributed by atoms with Crippen LogP contribution in [0.5, 0.6) is 0 Å². The van der Waals surface area contributed by atoms with Crippen LogP contribution in [0, 0.1) is 5.82 Å². The van der Waals surface area contributed by atoms with Crippen LogP contribution in [0.4, 0.5) is 4.39 Å². The van der Waals surface area contributed by atoms with Crippen LogP contribution in [0.3, 0.4) is 0 Å². The Balaban J connectivity index is 2.29. The summed E-state index contributed by atoms with van der Waals surface area (Å²) in [6.07, 6.45) is 1.87. The van der Waals surface area contributed by atoms with Gasteiger partial charge in [0.15, 0.2) is 5.96 Å². The Labute approximate surface area is 145 Å². The van der Waals surface area contributed by atoms with Crippen molar-refractivity contribution in [3.05, 3.63) is 35.6 Å². The third kappa shape index (κ3) is 9.47. The second-order valence-corrected chi connectivity index (χ2v) is 5.71. The molecule has 136 valence electrons. The summed E-state index contributed by atoms with van der Waals surface area (Å²) in [4.78, 5) is 6.84. The van der Waals surface area contributed by atoms with E-state index in [1.165, 1.54) is 12.1 Å². The van der Waals surface area contributed by atoms with E-state index in [1.807, 2.05) is 19.1 Å². The standard InChI is InChI=1S/C18H31FN4O/c1-4-20-18(22-12-14-23(2)13-5-15-24-3)21-11-10-16-6-8-17(19)9-7-16/h6-9H,4-5,10-15H2,1-3H3,(H2,20,21,22). The predicted octanol–water partition coefficient (Wildman–Crippen LogP) is 1.89. The molecule has 0 atom stereocenters. The molecule has 24 heavy (non-hydrogen) atoms. The van der Waals surface area contributed by atoms with Gasteiger partial charge in [-0.05, 0) is 44.5 Å². The number of rotatable bonds is 11. The smallest absolute Gasteiger partial charge is 0.191 e. The van der Waals surface area contributed by atoms with Gasteiger partial charge in [-0.15, -0.1) is 0 Å². The van der Waals surface area contributed by atoms with E-state index >= 15 is 0 Å². The molecule has 2 N–H and O–H groups in total. The molecule has 0 unspecified atom stereocenters. The molecule has 0 heterocycles. The zero-order valence-corrected chi connectivity index (χ0v) is 15.1. The zero-order valence-electron chi connectivity index (χ0n) is 15.1. The van der Waals surface area contributed by atoms with Gasteiger partial charge in [-0.2, -0.15) is 0 Å². The number of ether oxygens (including phenoxy) is 1. The van der Waals surface area contributed by atoms with Crippen molar-refractivity contribution < 1.29 is 9.13 Å². The lowest BCUT2D eigenvalue weighted by atomic mass is 10.1. The number of nitrogens with zero attached hydrogens (tertiary/aromatic N) is 2. The number of methoxy groups -OCH3 is 1. The van der Waals surface area contributed by atoms with Gasteiger partial charge in [0.05, 0.1) is 6.54 Å². The Hall–Kier alpha value is -1.66. The van der Waals surface area contributed by atoms with Crippen molar-refractivity contribution in [3.63, 3.8) is 0 Å². The van der Waals surface area contributed by atoms with Crippen LogP contribution in [-0.2, 0) is 11.2 Å². The van der Waals surface area contributed by atoms with Crippen molar-refractivity contribution in [3.8, 4) is 0 Å². The number of hydrogen-bond donors (Lipinski definition) is 2. The van der Waals surface area contributed by atoms with Gasteiger partial charge < -0.3 is 20.3 Å². The lowest BCUT2D eigenvalue weighted by Gasteiger charge is -2.16. The van der Waals surface area contributed by atoms with Gasteiger partial charge >= 0.3 is 0 Å². The lowest BCUT2D eigenvalue weighted by molar-refractivity contribution is 0.180. The first kappa shape index (κ1) is 20.4. The number of nitrogens with one attached hydrogen (secondary N) is 2. The third-order valence-electron chi connectivity index (χ3n) is 3.60. The first-order valence-electron chi connectivity index (χ1n) is 8.59. The number of benzene rings is 1. The fraction of sp³-hybridized carbons (Fsp3) is 0.611. The normalized spacial score (nSPS) is 11.8. The van der Waals surface area contributed by atoms with Crippen LogP contribution in [0.1, 0.15) is 18.9 Å².